The first-order valence-corrected chi connectivity index (χ1v) is 8.13. The Morgan fingerprint density at radius 1 is 1.17 bits per heavy atom. The van der Waals surface area contributed by atoms with Gasteiger partial charge in [-0.3, -0.25) is 19.3 Å². The van der Waals surface area contributed by atoms with Gasteiger partial charge in [-0.05, 0) is 17.7 Å². The minimum absolute atomic E-state index is 0.0101. The van der Waals surface area contributed by atoms with Gasteiger partial charge in [-0.1, -0.05) is 12.1 Å². The molecule has 0 saturated heterocycles. The molecule has 3 amide bonds. The van der Waals surface area contributed by atoms with E-state index in [2.05, 4.69) is 5.32 Å². The molecule has 0 unspecified atom stereocenters. The van der Waals surface area contributed by atoms with Gasteiger partial charge in [0.2, 0.25) is 15.9 Å². The molecule has 0 fully saturated rings. The Bertz CT molecular complexity index is 700. The molecule has 0 aliphatic rings. The summed E-state index contributed by atoms with van der Waals surface area (Å²) in [4.78, 5) is 35.6. The lowest BCUT2D eigenvalue weighted by atomic mass is 10.2. The zero-order valence-corrected chi connectivity index (χ0v) is 13.3. The van der Waals surface area contributed by atoms with E-state index in [-0.39, 0.29) is 24.5 Å². The highest BCUT2D eigenvalue weighted by Gasteiger charge is 2.24. The van der Waals surface area contributed by atoms with Crippen molar-refractivity contribution in [1.29, 1.82) is 0 Å². The van der Waals surface area contributed by atoms with Gasteiger partial charge in [0.25, 0.3) is 0 Å². The number of sulfonamides is 1. The van der Waals surface area contributed by atoms with Crippen LogP contribution in [0.3, 0.4) is 0 Å². The molecule has 0 atom stereocenters. The topological polar surface area (TPSA) is 153 Å². The van der Waals surface area contributed by atoms with Crippen LogP contribution in [0.2, 0.25) is 0 Å². The third kappa shape index (κ3) is 5.43. The zero-order chi connectivity index (χ0) is 17.6. The van der Waals surface area contributed by atoms with Crippen molar-refractivity contribution in [1.82, 2.24) is 10.2 Å². The molecule has 0 aliphatic carbocycles. The van der Waals surface area contributed by atoms with Crippen molar-refractivity contribution in [3.05, 3.63) is 29.8 Å². The van der Waals surface area contributed by atoms with Crippen LogP contribution in [-0.4, -0.2) is 44.1 Å². The number of primary sulfonamides is 1. The zero-order valence-electron chi connectivity index (χ0n) is 12.5. The van der Waals surface area contributed by atoms with Gasteiger partial charge in [0, 0.05) is 26.6 Å². The number of benzene rings is 1. The van der Waals surface area contributed by atoms with Crippen LogP contribution in [0.15, 0.2) is 29.2 Å². The third-order valence-electron chi connectivity index (χ3n) is 2.88. The Balaban J connectivity index is 2.68. The molecule has 5 N–H and O–H groups in total. The number of nitrogens with two attached hydrogens (primary N) is 2. The van der Waals surface area contributed by atoms with Gasteiger partial charge in [0.15, 0.2) is 0 Å². The summed E-state index contributed by atoms with van der Waals surface area (Å²) >= 11 is 0. The minimum Gasteiger partial charge on any atom is -0.344 e. The van der Waals surface area contributed by atoms with Crippen molar-refractivity contribution in [2.75, 3.05) is 13.1 Å². The van der Waals surface area contributed by atoms with E-state index in [1.54, 1.807) is 0 Å². The summed E-state index contributed by atoms with van der Waals surface area (Å²) in [6.45, 7) is 1.15. The summed E-state index contributed by atoms with van der Waals surface area (Å²) in [6, 6.07) is 5.48. The van der Waals surface area contributed by atoms with Crippen LogP contribution < -0.4 is 16.2 Å². The van der Waals surface area contributed by atoms with Gasteiger partial charge in [0.1, 0.15) is 0 Å². The summed E-state index contributed by atoms with van der Waals surface area (Å²) in [7, 11) is -3.79. The molecule has 126 valence electrons. The summed E-state index contributed by atoms with van der Waals surface area (Å²) < 4.78 is 22.2. The normalized spacial score (nSPS) is 10.9. The Morgan fingerprint density at radius 3 is 2.17 bits per heavy atom. The second-order valence-corrected chi connectivity index (χ2v) is 6.20. The Labute approximate surface area is 133 Å². The number of imide groups is 1. The van der Waals surface area contributed by atoms with Crippen LogP contribution in [0.5, 0.6) is 0 Å². The van der Waals surface area contributed by atoms with E-state index in [9.17, 15) is 22.8 Å². The summed E-state index contributed by atoms with van der Waals surface area (Å²) in [5.41, 5.74) is 5.84. The number of nitrogens with zero attached hydrogens (tertiary/aromatic N) is 1. The van der Waals surface area contributed by atoms with Gasteiger partial charge in [0.05, 0.1) is 4.90 Å². The molecule has 0 spiro atoms. The molecular formula is C13H18N4O5S. The van der Waals surface area contributed by atoms with Crippen LogP contribution in [0.1, 0.15) is 12.5 Å². The van der Waals surface area contributed by atoms with Gasteiger partial charge in [-0.25, -0.2) is 13.6 Å². The molecule has 0 saturated carbocycles. The maximum absolute atomic E-state index is 11.8. The summed E-state index contributed by atoms with van der Waals surface area (Å²) in [5.74, 6) is -2.53. The lowest BCUT2D eigenvalue weighted by Crippen LogP contribution is -2.46. The summed E-state index contributed by atoms with van der Waals surface area (Å²) in [6.07, 6.45) is 0. The molecule has 1 aromatic rings. The quantitative estimate of drug-likeness (QED) is 0.541. The Morgan fingerprint density at radius 2 is 1.74 bits per heavy atom. The SMILES string of the molecule is CC(=O)N(CCN)C(=O)C(=O)NCc1ccc(S(N)(=O)=O)cc1. The van der Waals surface area contributed by atoms with Gasteiger partial charge >= 0.3 is 11.8 Å². The fourth-order valence-corrected chi connectivity index (χ4v) is 2.22. The fourth-order valence-electron chi connectivity index (χ4n) is 1.71. The molecular weight excluding hydrogens is 324 g/mol. The number of hydrogen-bond acceptors (Lipinski definition) is 6. The lowest BCUT2D eigenvalue weighted by Gasteiger charge is -2.17. The number of carbonyl (C=O) groups is 3. The van der Waals surface area contributed by atoms with Crippen LogP contribution in [0.25, 0.3) is 0 Å². The maximum Gasteiger partial charge on any atom is 0.318 e. The highest BCUT2D eigenvalue weighted by Crippen LogP contribution is 2.08. The van der Waals surface area contributed by atoms with Crippen LogP contribution in [-0.2, 0) is 31.0 Å². The predicted octanol–water partition coefficient (Wildman–Crippen LogP) is -1.72. The van der Waals surface area contributed by atoms with Crippen molar-refractivity contribution in [3.63, 3.8) is 0 Å². The van der Waals surface area contributed by atoms with E-state index >= 15 is 0 Å². The number of hydrogen-bond donors (Lipinski definition) is 3. The maximum atomic E-state index is 11.8. The van der Waals surface area contributed by atoms with Crippen molar-refractivity contribution in [3.8, 4) is 0 Å². The van der Waals surface area contributed by atoms with Crippen molar-refractivity contribution < 1.29 is 22.8 Å². The largest absolute Gasteiger partial charge is 0.344 e. The van der Waals surface area contributed by atoms with Gasteiger partial charge in [-0.15, -0.1) is 0 Å². The molecule has 10 heteroatoms. The first-order chi connectivity index (χ1) is 10.7. The first-order valence-electron chi connectivity index (χ1n) is 6.59. The number of carbonyl (C=O) groups excluding carboxylic acids is 3. The second kappa shape index (κ2) is 7.81. The Hall–Kier alpha value is -2.30. The monoisotopic (exact) mass is 342 g/mol. The fraction of sp³-hybridized carbons (Fsp3) is 0.308. The molecule has 0 bridgehead atoms. The van der Waals surface area contributed by atoms with E-state index in [0.717, 1.165) is 11.8 Å². The molecule has 1 aromatic carbocycles. The number of nitrogens with one attached hydrogen (secondary N) is 1. The first kappa shape index (κ1) is 18.7. The smallest absolute Gasteiger partial charge is 0.318 e. The van der Waals surface area contributed by atoms with Crippen LogP contribution in [0, 0.1) is 0 Å². The minimum atomic E-state index is -3.79. The molecule has 0 heterocycles. The third-order valence-corrected chi connectivity index (χ3v) is 3.81. The van der Waals surface area contributed by atoms with E-state index in [1.165, 1.54) is 24.3 Å². The summed E-state index contributed by atoms with van der Waals surface area (Å²) in [5, 5.41) is 7.32. The highest BCUT2D eigenvalue weighted by molar-refractivity contribution is 7.89. The standard InChI is InChI=1S/C13H18N4O5S/c1-9(18)17(7-6-14)13(20)12(19)16-8-10-2-4-11(5-3-10)23(15,21)22/h2-5H,6-8,14H2,1H3,(H,16,19)(H2,15,21,22). The molecule has 1 rings (SSSR count). The van der Waals surface area contributed by atoms with Crippen molar-refractivity contribution >= 4 is 27.7 Å². The Kier molecular flexibility index (Phi) is 6.37. The predicted molar refractivity (Wildman–Crippen MR) is 81.1 cm³/mol. The van der Waals surface area contributed by atoms with E-state index in [1.807, 2.05) is 0 Å². The molecule has 0 aliphatic heterocycles. The van der Waals surface area contributed by atoms with Gasteiger partial charge in [-0.2, -0.15) is 0 Å². The number of rotatable bonds is 5. The number of amides is 3. The second-order valence-electron chi connectivity index (χ2n) is 4.64. The van der Waals surface area contributed by atoms with E-state index in [0.29, 0.717) is 5.56 Å². The molecule has 0 aromatic heterocycles. The van der Waals surface area contributed by atoms with Crippen LogP contribution in [0.4, 0.5) is 0 Å². The van der Waals surface area contributed by atoms with Gasteiger partial charge < -0.3 is 11.1 Å². The van der Waals surface area contributed by atoms with Crippen molar-refractivity contribution in [2.24, 2.45) is 10.9 Å². The van der Waals surface area contributed by atoms with E-state index in [4.69, 9.17) is 10.9 Å². The van der Waals surface area contributed by atoms with Crippen LogP contribution >= 0.6 is 0 Å². The molecule has 23 heavy (non-hydrogen) atoms. The average Bonchev–Trinajstić information content (AvgIpc) is 2.48. The lowest BCUT2D eigenvalue weighted by molar-refractivity contribution is -0.151. The highest BCUT2D eigenvalue weighted by atomic mass is 32.2. The average molecular weight is 342 g/mol. The molecule has 9 nitrogen and oxygen atoms in total. The van der Waals surface area contributed by atoms with Crippen molar-refractivity contribution in [2.45, 2.75) is 18.4 Å². The van der Waals surface area contributed by atoms with E-state index < -0.39 is 27.7 Å². The molecule has 0 radical (unpaired) electrons.